The summed E-state index contributed by atoms with van der Waals surface area (Å²) in [5.41, 5.74) is 3.98. The molecule has 1 saturated heterocycles. The molecule has 113 heavy (non-hydrogen) atoms. The Hall–Kier alpha value is -5.44. The first-order chi connectivity index (χ1) is 53.9. The van der Waals surface area contributed by atoms with Crippen molar-refractivity contribution in [2.75, 3.05) is 39.4 Å². The second-order valence-electron chi connectivity index (χ2n) is 32.1. The molecule has 4 unspecified atom stereocenters. The summed E-state index contributed by atoms with van der Waals surface area (Å²) in [6, 6.07) is 30.5. The number of carbonyl (C=O) groups excluding carboxylic acids is 4. The van der Waals surface area contributed by atoms with Crippen molar-refractivity contribution in [1.82, 2.24) is 19.6 Å². The number of nitrogens with zero attached hydrogens (tertiary/aromatic N) is 4. The van der Waals surface area contributed by atoms with Crippen molar-refractivity contribution in [2.24, 2.45) is 23.7 Å². The normalized spacial score (nSPS) is 15.9. The molecule has 616 valence electrons. The number of hydrogen-bond donors (Lipinski definition) is 0. The van der Waals surface area contributed by atoms with E-state index in [-0.39, 0.29) is 23.6 Å². The van der Waals surface area contributed by atoms with Gasteiger partial charge >= 0.3 is 132 Å². The molecule has 5 aliphatic rings. The van der Waals surface area contributed by atoms with Gasteiger partial charge in [-0.1, -0.05) is 132 Å². The summed E-state index contributed by atoms with van der Waals surface area (Å²) < 4.78 is 56.4. The second kappa shape index (κ2) is 44.4. The van der Waals surface area contributed by atoms with Gasteiger partial charge in [0.1, 0.15) is 34.3 Å². The van der Waals surface area contributed by atoms with Crippen molar-refractivity contribution in [3.63, 3.8) is 0 Å². The second-order valence-corrected chi connectivity index (χ2v) is 63.7. The van der Waals surface area contributed by atoms with Crippen LogP contribution in [-0.2, 0) is 23.9 Å². The zero-order valence-corrected chi connectivity index (χ0v) is 82.2. The molecular weight excluding hydrogens is 1900 g/mol. The molecule has 0 N–H and O–H groups in total. The monoisotopic (exact) mass is 2020 g/mol. The van der Waals surface area contributed by atoms with Crippen LogP contribution in [0.4, 0.5) is 0 Å². The van der Waals surface area contributed by atoms with Crippen LogP contribution in [-0.4, -0.2) is 119 Å². The molecule has 0 aromatic carbocycles. The van der Waals surface area contributed by atoms with E-state index in [1.165, 1.54) is 20.4 Å². The third kappa shape index (κ3) is 25.1. The van der Waals surface area contributed by atoms with Crippen molar-refractivity contribution in [3.8, 4) is 11.5 Å². The van der Waals surface area contributed by atoms with Crippen LogP contribution >= 0.6 is 63.7 Å². The van der Waals surface area contributed by atoms with Gasteiger partial charge in [-0.05, 0) is 213 Å². The zero-order chi connectivity index (χ0) is 82.4. The average Bonchev–Trinajstić information content (AvgIpc) is 1.56. The first-order valence-electron chi connectivity index (χ1n) is 41.1. The first kappa shape index (κ1) is 93.1. The first-order valence-corrected chi connectivity index (χ1v) is 64.2. The Kier molecular flexibility index (Phi) is 36.6. The fraction of sp³-hybridized carbons (Fsp3) is 0.511. The van der Waals surface area contributed by atoms with E-state index in [0.29, 0.717) is 139 Å². The van der Waals surface area contributed by atoms with Gasteiger partial charge < -0.3 is 50.8 Å². The maximum atomic E-state index is 14.5. The summed E-state index contributed by atoms with van der Waals surface area (Å²) in [6.45, 7) is 29.4. The molecule has 17 nitrogen and oxygen atoms in total. The number of aryl methyl sites for hydroxylation is 4. The Bertz CT molecular complexity index is 4360. The number of furan rings is 8. The van der Waals surface area contributed by atoms with Gasteiger partial charge in [0.15, 0.2) is 53.2 Å². The van der Waals surface area contributed by atoms with E-state index in [9.17, 15) is 19.2 Å². The van der Waals surface area contributed by atoms with Crippen molar-refractivity contribution in [2.45, 2.75) is 228 Å². The molecule has 5 aliphatic heterocycles. The Morgan fingerprint density at radius 3 is 0.788 bits per heavy atom. The zero-order valence-electron chi connectivity index (χ0n) is 70.1. The molecule has 8 aromatic heterocycles. The molecule has 13 rings (SSSR count). The van der Waals surface area contributed by atoms with Gasteiger partial charge in [-0.25, -0.2) is 0 Å². The van der Waals surface area contributed by atoms with Crippen molar-refractivity contribution >= 4 is 154 Å². The predicted octanol–water partition coefficient (Wildman–Crippen LogP) is 25.5. The number of carbonyl (C=O) groups is 4. The molecule has 0 saturated carbocycles. The molecule has 23 heteroatoms. The summed E-state index contributed by atoms with van der Waals surface area (Å²) in [7, 11) is 0. The fourth-order valence-corrected chi connectivity index (χ4v) is 21.7. The van der Waals surface area contributed by atoms with Crippen LogP contribution in [0.5, 0.6) is 0 Å². The van der Waals surface area contributed by atoms with Crippen LogP contribution in [0.1, 0.15) is 217 Å². The van der Waals surface area contributed by atoms with Gasteiger partial charge in [0.25, 0.3) is 23.6 Å². The third-order valence-corrected chi connectivity index (χ3v) is 32.7. The number of unbranched alkanes of at least 4 members (excludes halogenated alkanes) is 4. The standard InChI is InChI=1S/C36H46N2O5.C30H38Br2N2O4.2C5H5O.C4H2Br2O.C4H8O.6CH3.2Sn/c1-7-11-13-25(9-3)21-37-33(29-18-16-24(6)42-29)31-32(36(37)40)34(38(35(31)39)22-26(10-4)14-12-8-2)30-20-19-28(43-30)27-17-15-23(5)41-27;1-5-9-11-19(7-3)17-33-27(21-13-15-23(31)37-21)25-26(29(33)35)28(22-14-16-24(32)38-22)34(30(25)36)18-20(8-4)12-10-6-2;2*1-5-3-2-4-6-5;5-3-1-2-4(6)7-3;1-2-4-5-3-1;;;;;;;;/h15-20,25-26H,7-14,21-22H2,1-6H3;13-16,19-20H,5-12,17-18H2,1-4H3;2*2-3H,1H3;1-2H;1-4H2;6*1H3;;. The SMILES string of the molecule is Brc1ccc(Br)o1.C1CCOC1.CCCCC(CC)CN1C(=O)C2=C(c3ccc(-c4ccc(C)o4)o3)N(CC(CC)CCCC)C(=O)C2=C1c1ccc(C)o1.CCCCC(CC)CN1C(=O)C2=C(c3ccc(Br)o3)N(CC(CC)CCCC)C(=O)C2=C1c1ccc(Br)o1.Cc1cc[c]([Sn]([CH3])([CH3])[CH3])o1.Cc1cc[c]([Sn]([CH3])([CH3])[CH3])o1. The minimum absolute atomic E-state index is 0.155. The molecule has 8 aromatic rings. The topological polar surface area (TPSA) is 196 Å². The number of hydrogen-bond acceptors (Lipinski definition) is 13. The summed E-state index contributed by atoms with van der Waals surface area (Å²) in [6.07, 6.45) is 19.3. The van der Waals surface area contributed by atoms with Crippen molar-refractivity contribution in [3.05, 3.63) is 184 Å². The van der Waals surface area contributed by atoms with E-state index < -0.39 is 36.8 Å². The molecule has 13 heterocycles. The van der Waals surface area contributed by atoms with E-state index in [2.05, 4.69) is 173 Å². The molecule has 0 spiro atoms. The predicted molar refractivity (Wildman–Crippen MR) is 472 cm³/mol. The number of amides is 4. The van der Waals surface area contributed by atoms with E-state index in [1.807, 2.05) is 88.4 Å². The van der Waals surface area contributed by atoms with Gasteiger partial charge in [0.2, 0.25) is 0 Å². The average molecular weight is 2030 g/mol. The van der Waals surface area contributed by atoms with Crippen molar-refractivity contribution in [1.29, 1.82) is 0 Å². The van der Waals surface area contributed by atoms with Crippen LogP contribution in [0, 0.1) is 51.4 Å². The maximum absolute atomic E-state index is 14.5. The van der Waals surface area contributed by atoms with Crippen LogP contribution in [0.15, 0.2) is 173 Å². The Balaban J connectivity index is 0.000000203. The van der Waals surface area contributed by atoms with Crippen LogP contribution < -0.4 is 7.55 Å². The van der Waals surface area contributed by atoms with Crippen LogP contribution in [0.2, 0.25) is 29.6 Å². The number of fused-ring (bicyclic) bond motifs is 2. The molecule has 0 aliphatic carbocycles. The molecule has 0 bridgehead atoms. The van der Waals surface area contributed by atoms with E-state index >= 15 is 0 Å². The molecular formula is C90H122Br4N4O13Sn2. The van der Waals surface area contributed by atoms with Crippen LogP contribution in [0.3, 0.4) is 0 Å². The van der Waals surface area contributed by atoms with E-state index in [0.717, 1.165) is 148 Å². The molecule has 1 fully saturated rings. The van der Waals surface area contributed by atoms with Crippen LogP contribution in [0.25, 0.3) is 34.3 Å². The van der Waals surface area contributed by atoms with Gasteiger partial charge in [0.05, 0.1) is 22.3 Å². The van der Waals surface area contributed by atoms with E-state index in [1.54, 1.807) is 31.7 Å². The van der Waals surface area contributed by atoms with Gasteiger partial charge in [-0.3, -0.25) is 19.2 Å². The molecule has 0 radical (unpaired) electrons. The molecule has 4 atom stereocenters. The summed E-state index contributed by atoms with van der Waals surface area (Å²) in [5.74, 6) is 7.55. The number of halogens is 4. The fourth-order valence-electron chi connectivity index (χ4n) is 14.3. The Morgan fingerprint density at radius 1 is 0.319 bits per heavy atom. The number of rotatable bonds is 31. The third-order valence-electron chi connectivity index (χ3n) is 21.0. The summed E-state index contributed by atoms with van der Waals surface area (Å²) in [5, 5.41) is 0. The molecule has 4 amide bonds. The van der Waals surface area contributed by atoms with E-state index in [4.69, 9.17) is 40.1 Å². The quantitative estimate of drug-likeness (QED) is 0.0373. The Labute approximate surface area is 713 Å². The van der Waals surface area contributed by atoms with Gasteiger partial charge in [0, 0.05) is 39.4 Å². The number of ether oxygens (including phenoxy) is 1. The summed E-state index contributed by atoms with van der Waals surface area (Å²) >= 11 is 9.37. The van der Waals surface area contributed by atoms with Gasteiger partial charge in [-0.2, -0.15) is 0 Å². The Morgan fingerprint density at radius 2 is 0.566 bits per heavy atom. The summed E-state index contributed by atoms with van der Waals surface area (Å²) in [4.78, 5) is 78.8. The van der Waals surface area contributed by atoms with Gasteiger partial charge in [-0.15, -0.1) is 0 Å². The van der Waals surface area contributed by atoms with Crippen molar-refractivity contribution < 1.29 is 59.3 Å². The minimum atomic E-state index is -1.86.